The van der Waals surface area contributed by atoms with Crippen LogP contribution in [0.3, 0.4) is 0 Å². The Morgan fingerprint density at radius 1 is 0.944 bits per heavy atom. The summed E-state index contributed by atoms with van der Waals surface area (Å²) in [6.45, 7) is 4.26. The van der Waals surface area contributed by atoms with Gasteiger partial charge in [0.25, 0.3) is 0 Å². The Kier molecular flexibility index (Phi) is 7.12. The van der Waals surface area contributed by atoms with Crippen molar-refractivity contribution < 1.29 is 22.3 Å². The van der Waals surface area contributed by atoms with Gasteiger partial charge in [0.15, 0.2) is 9.84 Å². The molecule has 0 radical (unpaired) electrons. The van der Waals surface area contributed by atoms with Gasteiger partial charge in [-0.1, -0.05) is 24.3 Å². The van der Waals surface area contributed by atoms with Crippen molar-refractivity contribution in [3.05, 3.63) is 89.2 Å². The van der Waals surface area contributed by atoms with Crippen LogP contribution in [0.5, 0.6) is 11.5 Å². The number of benzene rings is 3. The van der Waals surface area contributed by atoms with E-state index in [1.165, 1.54) is 31.2 Å². The fourth-order valence-electron chi connectivity index (χ4n) is 4.91. The molecule has 7 heteroatoms. The molecule has 1 saturated heterocycles. The van der Waals surface area contributed by atoms with Gasteiger partial charge in [-0.15, -0.1) is 0 Å². The van der Waals surface area contributed by atoms with Gasteiger partial charge >= 0.3 is 0 Å². The molecule has 0 atom stereocenters. The topological polar surface area (TPSA) is 55.8 Å². The number of nitrogens with zero attached hydrogens (tertiary/aromatic N) is 1. The van der Waals surface area contributed by atoms with Crippen molar-refractivity contribution in [1.29, 1.82) is 0 Å². The molecule has 5 nitrogen and oxygen atoms in total. The van der Waals surface area contributed by atoms with Crippen LogP contribution in [0.25, 0.3) is 11.1 Å². The summed E-state index contributed by atoms with van der Waals surface area (Å²) in [7, 11) is -3.29. The first kappa shape index (κ1) is 24.5. The number of likely N-dealkylation sites (tertiary alicyclic amines) is 1. The van der Waals surface area contributed by atoms with Crippen molar-refractivity contribution >= 4 is 21.0 Å². The normalized spacial score (nSPS) is 16.4. The number of hydrogen-bond acceptors (Lipinski definition) is 5. The highest BCUT2D eigenvalue weighted by Gasteiger charge is 2.22. The predicted octanol–water partition coefficient (Wildman–Crippen LogP) is 5.45. The van der Waals surface area contributed by atoms with Gasteiger partial charge in [-0.05, 0) is 84.6 Å². The van der Waals surface area contributed by atoms with Crippen molar-refractivity contribution in [2.45, 2.75) is 24.2 Å². The maximum Gasteiger partial charge on any atom is 0.175 e. The third-order valence-electron chi connectivity index (χ3n) is 6.77. The minimum absolute atomic E-state index is 0.274. The van der Waals surface area contributed by atoms with E-state index >= 15 is 0 Å². The number of rotatable bonds is 7. The van der Waals surface area contributed by atoms with Crippen LogP contribution in [0, 0.1) is 5.82 Å². The van der Waals surface area contributed by atoms with Crippen molar-refractivity contribution in [3.8, 4) is 11.5 Å². The zero-order valence-electron chi connectivity index (χ0n) is 20.4. The molecule has 0 bridgehead atoms. The summed E-state index contributed by atoms with van der Waals surface area (Å²) in [4.78, 5) is 2.69. The van der Waals surface area contributed by atoms with Crippen molar-refractivity contribution in [2.24, 2.45) is 0 Å². The lowest BCUT2D eigenvalue weighted by Gasteiger charge is -2.17. The molecule has 2 heterocycles. The lowest BCUT2D eigenvalue weighted by Crippen LogP contribution is -2.25. The Labute approximate surface area is 212 Å². The summed E-state index contributed by atoms with van der Waals surface area (Å²) in [6, 6.07) is 19.5. The first-order chi connectivity index (χ1) is 17.4. The maximum absolute atomic E-state index is 14.0. The summed E-state index contributed by atoms with van der Waals surface area (Å²) in [6.07, 6.45) is 4.32. The molecule has 5 rings (SSSR count). The first-order valence-corrected chi connectivity index (χ1v) is 14.2. The van der Waals surface area contributed by atoms with Crippen molar-refractivity contribution in [3.63, 3.8) is 0 Å². The molecule has 0 spiro atoms. The van der Waals surface area contributed by atoms with E-state index in [0.29, 0.717) is 25.4 Å². The van der Waals surface area contributed by atoms with Gasteiger partial charge in [0, 0.05) is 30.9 Å². The largest absolute Gasteiger partial charge is 0.492 e. The molecule has 0 saturated carbocycles. The Hall–Kier alpha value is -3.16. The zero-order chi connectivity index (χ0) is 25.1. The molecular weight excluding hydrogens is 477 g/mol. The number of ether oxygens (including phenoxy) is 2. The predicted molar refractivity (Wildman–Crippen MR) is 140 cm³/mol. The maximum atomic E-state index is 14.0. The number of halogens is 1. The fraction of sp³-hybridized carbons (Fsp3) is 0.310. The SMILES string of the molecule is CS(=O)(=O)c1ccc(C2=C(c3ccc(OCCN4CCCC4)cc3)c3ccc(F)cc3OCC2)cc1. The highest BCUT2D eigenvalue weighted by molar-refractivity contribution is 7.90. The molecule has 0 aromatic heterocycles. The average molecular weight is 508 g/mol. The third-order valence-corrected chi connectivity index (χ3v) is 7.90. The van der Waals surface area contributed by atoms with Crippen molar-refractivity contribution in [1.82, 2.24) is 4.90 Å². The van der Waals surface area contributed by atoms with Crippen LogP contribution in [-0.4, -0.2) is 52.4 Å². The van der Waals surface area contributed by atoms with E-state index in [1.807, 2.05) is 36.4 Å². The van der Waals surface area contributed by atoms with Crippen molar-refractivity contribution in [2.75, 3.05) is 39.1 Å². The van der Waals surface area contributed by atoms with Gasteiger partial charge in [-0.2, -0.15) is 0 Å². The highest BCUT2D eigenvalue weighted by atomic mass is 32.2. The molecule has 2 aliphatic rings. The van der Waals surface area contributed by atoms with Gasteiger partial charge < -0.3 is 9.47 Å². The second-order valence-corrected chi connectivity index (χ2v) is 11.3. The first-order valence-electron chi connectivity index (χ1n) is 12.3. The average Bonchev–Trinajstić information content (AvgIpc) is 3.31. The van der Waals surface area contributed by atoms with Gasteiger partial charge in [-0.3, -0.25) is 4.90 Å². The minimum Gasteiger partial charge on any atom is -0.492 e. The van der Waals surface area contributed by atoms with Crippen LogP contribution in [0.1, 0.15) is 36.0 Å². The Bertz CT molecular complexity index is 1360. The van der Waals surface area contributed by atoms with E-state index in [4.69, 9.17) is 9.47 Å². The zero-order valence-corrected chi connectivity index (χ0v) is 21.2. The van der Waals surface area contributed by atoms with Gasteiger partial charge in [0.05, 0.1) is 11.5 Å². The van der Waals surface area contributed by atoms with E-state index < -0.39 is 9.84 Å². The minimum atomic E-state index is -3.29. The van der Waals surface area contributed by atoms with Crippen LogP contribution in [0.15, 0.2) is 71.6 Å². The summed E-state index contributed by atoms with van der Waals surface area (Å²) >= 11 is 0. The molecule has 3 aromatic rings. The third kappa shape index (κ3) is 5.47. The lowest BCUT2D eigenvalue weighted by molar-refractivity contribution is 0.238. The Balaban J connectivity index is 1.50. The standard InChI is InChI=1S/C29H30FNO4S/c1-36(32,33)25-11-6-21(7-12-25)26-14-18-35-28-20-23(30)8-13-27(28)29(26)22-4-9-24(10-5-22)34-19-17-31-15-2-3-16-31/h4-13,20H,2-3,14-19H2,1H3. The number of sulfone groups is 1. The highest BCUT2D eigenvalue weighted by Crippen LogP contribution is 2.41. The molecule has 0 N–H and O–H groups in total. The van der Waals surface area contributed by atoms with Gasteiger partial charge in [0.1, 0.15) is 23.9 Å². The van der Waals surface area contributed by atoms with E-state index in [2.05, 4.69) is 4.90 Å². The van der Waals surface area contributed by atoms with Crippen LogP contribution < -0.4 is 9.47 Å². The Morgan fingerprint density at radius 3 is 2.33 bits per heavy atom. The molecule has 3 aromatic carbocycles. The summed E-state index contributed by atoms with van der Waals surface area (Å²) in [5, 5.41) is 0. The second kappa shape index (κ2) is 10.4. The summed E-state index contributed by atoms with van der Waals surface area (Å²) < 4.78 is 49.9. The molecule has 0 amide bonds. The molecule has 36 heavy (non-hydrogen) atoms. The van der Waals surface area contributed by atoms with E-state index in [9.17, 15) is 12.8 Å². The van der Waals surface area contributed by atoms with E-state index in [-0.39, 0.29) is 10.7 Å². The van der Waals surface area contributed by atoms with Crippen LogP contribution in [0.2, 0.25) is 0 Å². The molecule has 1 fully saturated rings. The molecule has 0 aliphatic carbocycles. The Morgan fingerprint density at radius 2 is 1.64 bits per heavy atom. The molecular formula is C29H30FNO4S. The molecule has 2 aliphatic heterocycles. The number of fused-ring (bicyclic) bond motifs is 1. The monoisotopic (exact) mass is 507 g/mol. The summed E-state index contributed by atoms with van der Waals surface area (Å²) in [5.74, 6) is 0.955. The lowest BCUT2D eigenvalue weighted by atomic mass is 9.88. The fourth-order valence-corrected chi connectivity index (χ4v) is 5.54. The van der Waals surface area contributed by atoms with Crippen LogP contribution in [-0.2, 0) is 9.84 Å². The number of hydrogen-bond donors (Lipinski definition) is 0. The van der Waals surface area contributed by atoms with Gasteiger partial charge in [-0.25, -0.2) is 12.8 Å². The van der Waals surface area contributed by atoms with Crippen LogP contribution in [0.4, 0.5) is 4.39 Å². The molecule has 188 valence electrons. The smallest absolute Gasteiger partial charge is 0.175 e. The van der Waals surface area contributed by atoms with Gasteiger partial charge in [0.2, 0.25) is 0 Å². The molecule has 0 unspecified atom stereocenters. The quantitative estimate of drug-likeness (QED) is 0.426. The van der Waals surface area contributed by atoms with Crippen LogP contribution >= 0.6 is 0 Å². The van der Waals surface area contributed by atoms with E-state index in [1.54, 1.807) is 18.2 Å². The van der Waals surface area contributed by atoms with E-state index in [0.717, 1.165) is 53.2 Å². The second-order valence-electron chi connectivity index (χ2n) is 9.31. The summed E-state index contributed by atoms with van der Waals surface area (Å²) in [5.41, 5.74) is 4.63.